The molecule has 2 heterocycles. The summed E-state index contributed by atoms with van der Waals surface area (Å²) >= 11 is 0. The van der Waals surface area contributed by atoms with Gasteiger partial charge in [0.05, 0.1) is 11.4 Å². The van der Waals surface area contributed by atoms with Crippen molar-refractivity contribution in [2.45, 2.75) is 45.7 Å². The predicted octanol–water partition coefficient (Wildman–Crippen LogP) is 4.47. The van der Waals surface area contributed by atoms with Gasteiger partial charge in [0.1, 0.15) is 18.0 Å². The quantitative estimate of drug-likeness (QED) is 0.665. The van der Waals surface area contributed by atoms with Gasteiger partial charge in [0, 0.05) is 17.3 Å². The van der Waals surface area contributed by atoms with Crippen LogP contribution in [0.25, 0.3) is 10.8 Å². The topological polar surface area (TPSA) is 71.8 Å². The minimum Gasteiger partial charge on any atom is -0.362 e. The Bertz CT molecular complexity index is 1110. The standard InChI is InChI=1S/C22H25N5O/c1-5-23-20-14(3)21(25-12-24-20)26-15(4)18-11-16-8-6-7-13(2)19(16)22(28)27(18)17-9-10-17/h5-8,11-12,15,17H,1,9-10H2,2-4H3,(H2,23,24,25,26)/t15-/m0/s1. The number of pyridine rings is 1. The molecule has 2 N–H and O–H groups in total. The molecule has 1 aliphatic carbocycles. The van der Waals surface area contributed by atoms with Crippen LogP contribution in [0.3, 0.4) is 0 Å². The fraction of sp³-hybridized carbons (Fsp3) is 0.318. The van der Waals surface area contributed by atoms with E-state index < -0.39 is 0 Å². The van der Waals surface area contributed by atoms with Gasteiger partial charge >= 0.3 is 0 Å². The lowest BCUT2D eigenvalue weighted by molar-refractivity contribution is 0.635. The van der Waals surface area contributed by atoms with Gasteiger partial charge in [-0.15, -0.1) is 0 Å². The Morgan fingerprint density at radius 3 is 2.71 bits per heavy atom. The highest BCUT2D eigenvalue weighted by Crippen LogP contribution is 2.37. The third-order valence-electron chi connectivity index (χ3n) is 5.35. The van der Waals surface area contributed by atoms with Crippen LogP contribution < -0.4 is 16.2 Å². The van der Waals surface area contributed by atoms with Crippen LogP contribution in [0.2, 0.25) is 0 Å². The summed E-state index contributed by atoms with van der Waals surface area (Å²) in [7, 11) is 0. The molecule has 1 fully saturated rings. The summed E-state index contributed by atoms with van der Waals surface area (Å²) in [5.74, 6) is 1.46. The van der Waals surface area contributed by atoms with Crippen molar-refractivity contribution in [2.24, 2.45) is 0 Å². The van der Waals surface area contributed by atoms with Crippen molar-refractivity contribution in [3.63, 3.8) is 0 Å². The number of aromatic nitrogens is 3. The molecule has 0 amide bonds. The highest BCUT2D eigenvalue weighted by molar-refractivity contribution is 5.85. The van der Waals surface area contributed by atoms with Crippen LogP contribution in [0.1, 0.15) is 48.7 Å². The molecule has 0 bridgehead atoms. The second-order valence-electron chi connectivity index (χ2n) is 7.43. The number of nitrogens with one attached hydrogen (secondary N) is 2. The van der Waals surface area contributed by atoms with E-state index in [2.05, 4.69) is 40.2 Å². The lowest BCUT2D eigenvalue weighted by Crippen LogP contribution is -2.26. The average Bonchev–Trinajstić information content (AvgIpc) is 3.49. The lowest BCUT2D eigenvalue weighted by Gasteiger charge is -2.22. The Kier molecular flexibility index (Phi) is 4.63. The zero-order valence-electron chi connectivity index (χ0n) is 16.5. The van der Waals surface area contributed by atoms with Gasteiger partial charge in [-0.1, -0.05) is 24.8 Å². The van der Waals surface area contributed by atoms with E-state index in [4.69, 9.17) is 0 Å². The van der Waals surface area contributed by atoms with Gasteiger partial charge < -0.3 is 15.2 Å². The number of hydrogen-bond donors (Lipinski definition) is 2. The molecular formula is C22H25N5O. The Labute approximate surface area is 164 Å². The number of nitrogens with zero attached hydrogens (tertiary/aromatic N) is 3. The lowest BCUT2D eigenvalue weighted by atomic mass is 10.0. The van der Waals surface area contributed by atoms with E-state index in [0.717, 1.165) is 46.3 Å². The van der Waals surface area contributed by atoms with E-state index in [1.165, 1.54) is 6.33 Å². The van der Waals surface area contributed by atoms with Crippen LogP contribution in [-0.2, 0) is 0 Å². The van der Waals surface area contributed by atoms with E-state index in [1.54, 1.807) is 6.20 Å². The average molecular weight is 375 g/mol. The van der Waals surface area contributed by atoms with Crippen molar-refractivity contribution < 1.29 is 0 Å². The van der Waals surface area contributed by atoms with E-state index in [0.29, 0.717) is 11.9 Å². The Balaban J connectivity index is 1.79. The fourth-order valence-electron chi connectivity index (χ4n) is 3.73. The summed E-state index contributed by atoms with van der Waals surface area (Å²) in [5, 5.41) is 8.30. The minimum atomic E-state index is -0.0802. The first-order chi connectivity index (χ1) is 13.5. The molecule has 0 spiro atoms. The summed E-state index contributed by atoms with van der Waals surface area (Å²) in [6, 6.07) is 8.37. The number of hydrogen-bond acceptors (Lipinski definition) is 5. The molecule has 0 unspecified atom stereocenters. The Morgan fingerprint density at radius 1 is 1.25 bits per heavy atom. The summed E-state index contributed by atoms with van der Waals surface area (Å²) in [6.45, 7) is 9.71. The van der Waals surface area contributed by atoms with Crippen molar-refractivity contribution in [3.8, 4) is 0 Å². The van der Waals surface area contributed by atoms with Crippen molar-refractivity contribution in [2.75, 3.05) is 10.6 Å². The highest BCUT2D eigenvalue weighted by atomic mass is 16.1. The van der Waals surface area contributed by atoms with Crippen molar-refractivity contribution in [1.82, 2.24) is 14.5 Å². The maximum absolute atomic E-state index is 13.3. The molecule has 28 heavy (non-hydrogen) atoms. The molecule has 4 rings (SSSR count). The molecule has 6 nitrogen and oxygen atoms in total. The number of rotatable bonds is 6. The molecule has 0 aliphatic heterocycles. The van der Waals surface area contributed by atoms with E-state index in [1.807, 2.05) is 36.6 Å². The van der Waals surface area contributed by atoms with Crippen LogP contribution in [0.5, 0.6) is 0 Å². The third-order valence-corrected chi connectivity index (χ3v) is 5.35. The second-order valence-corrected chi connectivity index (χ2v) is 7.43. The first kappa shape index (κ1) is 18.2. The number of fused-ring (bicyclic) bond motifs is 1. The molecule has 1 aromatic carbocycles. The van der Waals surface area contributed by atoms with Gasteiger partial charge in [0.15, 0.2) is 0 Å². The van der Waals surface area contributed by atoms with E-state index in [-0.39, 0.29) is 11.6 Å². The molecule has 3 aromatic rings. The molecule has 1 saturated carbocycles. The van der Waals surface area contributed by atoms with Gasteiger partial charge in [-0.3, -0.25) is 4.79 Å². The predicted molar refractivity (Wildman–Crippen MR) is 114 cm³/mol. The molecule has 144 valence electrons. The monoisotopic (exact) mass is 375 g/mol. The van der Waals surface area contributed by atoms with Gasteiger partial charge in [-0.25, -0.2) is 9.97 Å². The van der Waals surface area contributed by atoms with Crippen molar-refractivity contribution in [3.05, 3.63) is 70.5 Å². The number of aryl methyl sites for hydroxylation is 1. The zero-order valence-corrected chi connectivity index (χ0v) is 16.5. The largest absolute Gasteiger partial charge is 0.362 e. The van der Waals surface area contributed by atoms with Crippen LogP contribution in [-0.4, -0.2) is 14.5 Å². The maximum Gasteiger partial charge on any atom is 0.259 e. The van der Waals surface area contributed by atoms with Crippen molar-refractivity contribution in [1.29, 1.82) is 0 Å². The van der Waals surface area contributed by atoms with Crippen LogP contribution >= 0.6 is 0 Å². The van der Waals surface area contributed by atoms with Gasteiger partial charge in [0.2, 0.25) is 0 Å². The molecule has 1 atom stereocenters. The minimum absolute atomic E-state index is 0.0802. The third kappa shape index (κ3) is 3.15. The molecule has 0 radical (unpaired) electrons. The smallest absolute Gasteiger partial charge is 0.259 e. The summed E-state index contributed by atoms with van der Waals surface area (Å²) < 4.78 is 1.98. The molecule has 0 saturated heterocycles. The SMILES string of the molecule is C=CNc1ncnc(N[C@@H](C)c2cc3cccc(C)c3c(=O)n2C2CC2)c1C. The van der Waals surface area contributed by atoms with Crippen molar-refractivity contribution >= 4 is 22.4 Å². The van der Waals surface area contributed by atoms with Gasteiger partial charge in [0.25, 0.3) is 5.56 Å². The number of benzene rings is 1. The Morgan fingerprint density at radius 2 is 2.00 bits per heavy atom. The first-order valence-corrected chi connectivity index (χ1v) is 9.61. The second kappa shape index (κ2) is 7.11. The fourth-order valence-corrected chi connectivity index (χ4v) is 3.73. The van der Waals surface area contributed by atoms with Gasteiger partial charge in [-0.05, 0) is 56.8 Å². The summed E-state index contributed by atoms with van der Waals surface area (Å²) in [4.78, 5) is 21.9. The molecule has 6 heteroatoms. The first-order valence-electron chi connectivity index (χ1n) is 9.61. The highest BCUT2D eigenvalue weighted by Gasteiger charge is 2.29. The maximum atomic E-state index is 13.3. The molecular weight excluding hydrogens is 350 g/mol. The van der Waals surface area contributed by atoms with E-state index >= 15 is 0 Å². The summed E-state index contributed by atoms with van der Waals surface area (Å²) in [6.07, 6.45) is 5.22. The molecule has 1 aliphatic rings. The normalized spacial score (nSPS) is 14.7. The number of anilines is 2. The summed E-state index contributed by atoms with van der Waals surface area (Å²) in [5.41, 5.74) is 3.03. The molecule has 2 aromatic heterocycles. The zero-order chi connectivity index (χ0) is 19.8. The van der Waals surface area contributed by atoms with Crippen LogP contribution in [0.15, 0.2) is 48.2 Å². The van der Waals surface area contributed by atoms with E-state index in [9.17, 15) is 4.79 Å². The van der Waals surface area contributed by atoms with Gasteiger partial charge in [-0.2, -0.15) is 0 Å². The Hall–Kier alpha value is -3.15. The van der Waals surface area contributed by atoms with Crippen LogP contribution in [0.4, 0.5) is 11.6 Å². The van der Waals surface area contributed by atoms with Crippen LogP contribution in [0, 0.1) is 13.8 Å².